The number of nitrogens with two attached hydrogens (primary N) is 2. The van der Waals surface area contributed by atoms with Crippen molar-refractivity contribution in [2.24, 2.45) is 11.5 Å². The van der Waals surface area contributed by atoms with Crippen LogP contribution in [0.1, 0.15) is 25.7 Å². The molecule has 6 nitrogen and oxygen atoms in total. The van der Waals surface area contributed by atoms with Crippen molar-refractivity contribution in [1.29, 1.82) is 0 Å². The number of carbonyl (C=O) groups excluding carboxylic acids is 2. The Morgan fingerprint density at radius 1 is 1.29 bits per heavy atom. The van der Waals surface area contributed by atoms with Gasteiger partial charge in [-0.25, -0.2) is 0 Å². The SMILES string of the molecule is NC[C@H]1CC[C@@H](C(=O)N2CCCC2C(N)=O)O1. The summed E-state index contributed by atoms with van der Waals surface area (Å²) in [6.07, 6.45) is 2.51. The molecule has 2 aliphatic rings. The molecule has 2 rings (SSSR count). The molecule has 0 aromatic rings. The first-order valence-corrected chi connectivity index (χ1v) is 6.08. The van der Waals surface area contributed by atoms with Crippen LogP contribution in [0.25, 0.3) is 0 Å². The predicted octanol–water partition coefficient (Wildman–Crippen LogP) is -1.03. The van der Waals surface area contributed by atoms with E-state index in [4.69, 9.17) is 16.2 Å². The van der Waals surface area contributed by atoms with Crippen LogP contribution in [0.5, 0.6) is 0 Å². The molecule has 17 heavy (non-hydrogen) atoms. The van der Waals surface area contributed by atoms with Crippen molar-refractivity contribution in [3.05, 3.63) is 0 Å². The summed E-state index contributed by atoms with van der Waals surface area (Å²) in [6.45, 7) is 1.03. The quantitative estimate of drug-likeness (QED) is 0.660. The van der Waals surface area contributed by atoms with Crippen molar-refractivity contribution in [3.63, 3.8) is 0 Å². The van der Waals surface area contributed by atoms with Crippen molar-refractivity contribution in [2.75, 3.05) is 13.1 Å². The van der Waals surface area contributed by atoms with E-state index < -0.39 is 18.1 Å². The number of ether oxygens (including phenoxy) is 1. The van der Waals surface area contributed by atoms with Crippen LogP contribution in [-0.4, -0.2) is 48.1 Å². The van der Waals surface area contributed by atoms with Crippen LogP contribution < -0.4 is 11.5 Å². The summed E-state index contributed by atoms with van der Waals surface area (Å²) in [7, 11) is 0. The maximum absolute atomic E-state index is 12.2. The first kappa shape index (κ1) is 12.3. The molecule has 2 amide bonds. The maximum atomic E-state index is 12.2. The molecular weight excluding hydrogens is 222 g/mol. The molecule has 0 aromatic carbocycles. The van der Waals surface area contributed by atoms with E-state index in [0.717, 1.165) is 12.8 Å². The van der Waals surface area contributed by atoms with E-state index in [1.165, 1.54) is 0 Å². The Morgan fingerprint density at radius 3 is 2.65 bits per heavy atom. The van der Waals surface area contributed by atoms with E-state index >= 15 is 0 Å². The highest BCUT2D eigenvalue weighted by Crippen LogP contribution is 2.25. The third-order valence-electron chi connectivity index (χ3n) is 3.51. The van der Waals surface area contributed by atoms with E-state index in [1.807, 2.05) is 0 Å². The van der Waals surface area contributed by atoms with Gasteiger partial charge in [-0.2, -0.15) is 0 Å². The predicted molar refractivity (Wildman–Crippen MR) is 60.9 cm³/mol. The zero-order valence-corrected chi connectivity index (χ0v) is 9.80. The highest BCUT2D eigenvalue weighted by atomic mass is 16.5. The Balaban J connectivity index is 1.98. The first-order chi connectivity index (χ1) is 8.13. The molecule has 0 radical (unpaired) electrons. The minimum absolute atomic E-state index is 0.0291. The second kappa shape index (κ2) is 5.01. The third kappa shape index (κ3) is 2.42. The van der Waals surface area contributed by atoms with E-state index in [0.29, 0.717) is 25.9 Å². The molecule has 2 fully saturated rings. The van der Waals surface area contributed by atoms with Gasteiger partial charge in [-0.1, -0.05) is 0 Å². The molecular formula is C11H19N3O3. The number of hydrogen-bond donors (Lipinski definition) is 2. The number of rotatable bonds is 3. The van der Waals surface area contributed by atoms with Crippen molar-refractivity contribution < 1.29 is 14.3 Å². The molecule has 96 valence electrons. The van der Waals surface area contributed by atoms with Crippen LogP contribution >= 0.6 is 0 Å². The fourth-order valence-corrected chi connectivity index (χ4v) is 2.57. The summed E-state index contributed by atoms with van der Waals surface area (Å²) in [6, 6.07) is -0.456. The molecule has 0 aliphatic carbocycles. The summed E-state index contributed by atoms with van der Waals surface area (Å²) in [5.41, 5.74) is 10.8. The van der Waals surface area contributed by atoms with Crippen molar-refractivity contribution in [1.82, 2.24) is 4.90 Å². The van der Waals surface area contributed by atoms with Gasteiger partial charge in [0.25, 0.3) is 5.91 Å². The van der Waals surface area contributed by atoms with Crippen LogP contribution in [0, 0.1) is 0 Å². The Hall–Kier alpha value is -1.14. The number of likely N-dealkylation sites (tertiary alicyclic amines) is 1. The van der Waals surface area contributed by atoms with E-state index in [9.17, 15) is 9.59 Å². The largest absolute Gasteiger partial charge is 0.368 e. The van der Waals surface area contributed by atoms with Crippen LogP contribution in [0.4, 0.5) is 0 Å². The van der Waals surface area contributed by atoms with E-state index in [-0.39, 0.29) is 12.0 Å². The Bertz CT molecular complexity index is 321. The van der Waals surface area contributed by atoms with Gasteiger partial charge in [0.2, 0.25) is 5.91 Å². The molecule has 1 unspecified atom stereocenters. The van der Waals surface area contributed by atoms with Gasteiger partial charge in [-0.15, -0.1) is 0 Å². The maximum Gasteiger partial charge on any atom is 0.252 e. The average Bonchev–Trinajstić information content (AvgIpc) is 2.97. The van der Waals surface area contributed by atoms with Gasteiger partial charge in [0.1, 0.15) is 12.1 Å². The Labute approximate surface area is 100 Å². The molecule has 0 bridgehead atoms. The van der Waals surface area contributed by atoms with Gasteiger partial charge in [0.15, 0.2) is 0 Å². The molecule has 3 atom stereocenters. The minimum Gasteiger partial charge on any atom is -0.368 e. The standard InChI is InChI=1S/C11H19N3O3/c12-6-7-3-4-9(17-7)11(16)14-5-1-2-8(14)10(13)15/h7-9H,1-6,12H2,(H2,13,15)/t7-,8?,9+/m1/s1. The lowest BCUT2D eigenvalue weighted by Crippen LogP contribution is -2.47. The molecule has 6 heteroatoms. The normalized spacial score (nSPS) is 33.0. The summed E-state index contributed by atoms with van der Waals surface area (Å²) in [5, 5.41) is 0. The number of primary amides is 1. The lowest BCUT2D eigenvalue weighted by molar-refractivity contribution is -0.146. The third-order valence-corrected chi connectivity index (χ3v) is 3.51. The van der Waals surface area contributed by atoms with Gasteiger partial charge >= 0.3 is 0 Å². The van der Waals surface area contributed by atoms with Crippen LogP contribution in [0.15, 0.2) is 0 Å². The number of carbonyl (C=O) groups is 2. The summed E-state index contributed by atoms with van der Waals surface area (Å²) < 4.78 is 5.54. The minimum atomic E-state index is -0.456. The fourth-order valence-electron chi connectivity index (χ4n) is 2.57. The fraction of sp³-hybridized carbons (Fsp3) is 0.818. The smallest absolute Gasteiger partial charge is 0.252 e. The van der Waals surface area contributed by atoms with E-state index in [2.05, 4.69) is 0 Å². The summed E-state index contributed by atoms with van der Waals surface area (Å²) >= 11 is 0. The average molecular weight is 241 g/mol. The second-order valence-electron chi connectivity index (χ2n) is 4.65. The first-order valence-electron chi connectivity index (χ1n) is 6.08. The highest BCUT2D eigenvalue weighted by Gasteiger charge is 2.39. The molecule has 0 aromatic heterocycles. The number of amides is 2. The van der Waals surface area contributed by atoms with Crippen molar-refractivity contribution >= 4 is 11.8 Å². The Kier molecular flexibility index (Phi) is 3.63. The summed E-state index contributed by atoms with van der Waals surface area (Å²) in [5.74, 6) is -0.536. The highest BCUT2D eigenvalue weighted by molar-refractivity contribution is 5.89. The molecule has 2 saturated heterocycles. The zero-order valence-electron chi connectivity index (χ0n) is 9.80. The molecule has 0 spiro atoms. The number of nitrogens with zero attached hydrogens (tertiary/aromatic N) is 1. The molecule has 0 saturated carbocycles. The topological polar surface area (TPSA) is 98.7 Å². The van der Waals surface area contributed by atoms with Crippen molar-refractivity contribution in [2.45, 2.75) is 43.9 Å². The number of hydrogen-bond acceptors (Lipinski definition) is 4. The zero-order chi connectivity index (χ0) is 12.4. The second-order valence-corrected chi connectivity index (χ2v) is 4.65. The molecule has 2 aliphatic heterocycles. The van der Waals surface area contributed by atoms with Gasteiger partial charge in [-0.3, -0.25) is 9.59 Å². The van der Waals surface area contributed by atoms with Crippen molar-refractivity contribution in [3.8, 4) is 0 Å². The van der Waals surface area contributed by atoms with Crippen LogP contribution in [-0.2, 0) is 14.3 Å². The van der Waals surface area contributed by atoms with Gasteiger partial charge in [-0.05, 0) is 25.7 Å². The monoisotopic (exact) mass is 241 g/mol. The van der Waals surface area contributed by atoms with Crippen LogP contribution in [0.3, 0.4) is 0 Å². The molecule has 4 N–H and O–H groups in total. The summed E-state index contributed by atoms with van der Waals surface area (Å²) in [4.78, 5) is 25.0. The van der Waals surface area contributed by atoms with Gasteiger partial charge in [0.05, 0.1) is 6.10 Å². The lowest BCUT2D eigenvalue weighted by atomic mass is 10.1. The lowest BCUT2D eigenvalue weighted by Gasteiger charge is -2.25. The Morgan fingerprint density at radius 2 is 2.06 bits per heavy atom. The van der Waals surface area contributed by atoms with Crippen LogP contribution in [0.2, 0.25) is 0 Å². The van der Waals surface area contributed by atoms with E-state index in [1.54, 1.807) is 4.90 Å². The van der Waals surface area contributed by atoms with Gasteiger partial charge in [0, 0.05) is 13.1 Å². The molecule has 2 heterocycles. The van der Waals surface area contributed by atoms with Gasteiger partial charge < -0.3 is 21.1 Å².